The molecule has 0 aliphatic carbocycles. The summed E-state index contributed by atoms with van der Waals surface area (Å²) in [5.41, 5.74) is 3.34. The van der Waals surface area contributed by atoms with Gasteiger partial charge < -0.3 is 24.7 Å². The van der Waals surface area contributed by atoms with Crippen LogP contribution in [0.1, 0.15) is 17.5 Å². The topological polar surface area (TPSA) is 83.7 Å². The van der Waals surface area contributed by atoms with Gasteiger partial charge >= 0.3 is 0 Å². The van der Waals surface area contributed by atoms with Gasteiger partial charge in [0.05, 0.1) is 20.1 Å². The number of aromatic nitrogens is 1. The summed E-state index contributed by atoms with van der Waals surface area (Å²) in [6.45, 7) is 1.59. The van der Waals surface area contributed by atoms with Gasteiger partial charge in [0.15, 0.2) is 11.5 Å². The molecule has 3 aromatic rings. The van der Waals surface area contributed by atoms with Crippen LogP contribution in [0.5, 0.6) is 11.5 Å². The van der Waals surface area contributed by atoms with Crippen molar-refractivity contribution in [3.05, 3.63) is 59.8 Å². The van der Waals surface area contributed by atoms with Gasteiger partial charge in [0.1, 0.15) is 0 Å². The van der Waals surface area contributed by atoms with E-state index in [-0.39, 0.29) is 24.2 Å². The zero-order valence-corrected chi connectivity index (χ0v) is 18.5. The van der Waals surface area contributed by atoms with E-state index in [9.17, 15) is 9.59 Å². The fraction of sp³-hybridized carbons (Fsp3) is 0.360. The molecule has 2 amide bonds. The number of carbonyl (C=O) groups is 2. The molecule has 1 unspecified atom stereocenters. The molecule has 2 heterocycles. The van der Waals surface area contributed by atoms with E-state index in [2.05, 4.69) is 16.4 Å². The van der Waals surface area contributed by atoms with Crippen molar-refractivity contribution in [1.82, 2.24) is 15.2 Å². The number of likely N-dealkylation sites (tertiary alicyclic amines) is 1. The number of rotatable bonds is 9. The molecule has 1 atom stereocenters. The Morgan fingerprint density at radius 1 is 1.12 bits per heavy atom. The zero-order valence-electron chi connectivity index (χ0n) is 18.5. The van der Waals surface area contributed by atoms with Crippen molar-refractivity contribution >= 4 is 22.7 Å². The average molecular weight is 436 g/mol. The van der Waals surface area contributed by atoms with Gasteiger partial charge in [-0.15, -0.1) is 0 Å². The molecule has 7 heteroatoms. The Bertz CT molecular complexity index is 1110. The summed E-state index contributed by atoms with van der Waals surface area (Å²) in [5, 5.41) is 4.19. The monoisotopic (exact) mass is 435 g/mol. The Morgan fingerprint density at radius 3 is 2.75 bits per heavy atom. The highest BCUT2D eigenvalue weighted by Crippen LogP contribution is 2.28. The number of nitrogens with one attached hydrogen (secondary N) is 2. The van der Waals surface area contributed by atoms with Crippen molar-refractivity contribution < 1.29 is 19.1 Å². The number of nitrogens with zero attached hydrogens (tertiary/aromatic N) is 1. The Morgan fingerprint density at radius 2 is 1.94 bits per heavy atom. The third-order valence-electron chi connectivity index (χ3n) is 6.07. The molecule has 1 saturated heterocycles. The number of H-pyrrole nitrogens is 1. The molecular weight excluding hydrogens is 406 g/mol. The van der Waals surface area contributed by atoms with E-state index in [1.807, 2.05) is 42.6 Å². The second-order valence-corrected chi connectivity index (χ2v) is 8.08. The van der Waals surface area contributed by atoms with Crippen LogP contribution >= 0.6 is 0 Å². The number of para-hydroxylation sites is 1. The van der Waals surface area contributed by atoms with Crippen LogP contribution in [0.25, 0.3) is 10.9 Å². The van der Waals surface area contributed by atoms with Crippen LogP contribution in [-0.2, 0) is 22.4 Å². The minimum absolute atomic E-state index is 0.0299. The number of fused-ring (bicyclic) bond motifs is 1. The standard InChI is InChI=1S/C25H29N3O4/c1-31-22-8-7-17(13-23(22)32-2)10-12-28-16-19(14-24(28)29)25(30)26-11-9-18-15-27-21-6-4-3-5-20(18)21/h3-8,13,15,19,27H,9-12,14,16H2,1-2H3,(H,26,30). The normalized spacial score (nSPS) is 15.9. The van der Waals surface area contributed by atoms with E-state index in [1.165, 1.54) is 10.9 Å². The Labute approximate surface area is 187 Å². The number of carbonyl (C=O) groups excluding carboxylic acids is 2. The SMILES string of the molecule is COc1ccc(CCN2CC(C(=O)NCCc3c[nH]c4ccccc34)CC2=O)cc1OC. The zero-order chi connectivity index (χ0) is 22.5. The Balaban J connectivity index is 1.26. The van der Waals surface area contributed by atoms with Crippen LogP contribution in [0, 0.1) is 5.92 Å². The van der Waals surface area contributed by atoms with Crippen LogP contribution in [0.2, 0.25) is 0 Å². The molecule has 1 aliphatic heterocycles. The molecule has 0 saturated carbocycles. The molecule has 32 heavy (non-hydrogen) atoms. The van der Waals surface area contributed by atoms with Crippen LogP contribution < -0.4 is 14.8 Å². The quantitative estimate of drug-likeness (QED) is 0.541. The number of hydrogen-bond acceptors (Lipinski definition) is 4. The van der Waals surface area contributed by atoms with Crippen molar-refractivity contribution in [2.24, 2.45) is 5.92 Å². The van der Waals surface area contributed by atoms with Crippen LogP contribution in [-0.4, -0.2) is 55.6 Å². The van der Waals surface area contributed by atoms with Gasteiger partial charge in [-0.25, -0.2) is 0 Å². The van der Waals surface area contributed by atoms with Crippen molar-refractivity contribution in [3.63, 3.8) is 0 Å². The molecule has 7 nitrogen and oxygen atoms in total. The first-order chi connectivity index (χ1) is 15.6. The van der Waals surface area contributed by atoms with E-state index in [0.29, 0.717) is 37.6 Å². The van der Waals surface area contributed by atoms with E-state index >= 15 is 0 Å². The molecule has 0 spiro atoms. The molecule has 1 aliphatic rings. The van der Waals surface area contributed by atoms with Gasteiger partial charge in [0.25, 0.3) is 0 Å². The molecule has 2 N–H and O–H groups in total. The summed E-state index contributed by atoms with van der Waals surface area (Å²) >= 11 is 0. The Kier molecular flexibility index (Phi) is 6.63. The maximum absolute atomic E-state index is 12.6. The average Bonchev–Trinajstić information content (AvgIpc) is 3.40. The van der Waals surface area contributed by atoms with Gasteiger partial charge in [-0.1, -0.05) is 24.3 Å². The molecule has 168 valence electrons. The van der Waals surface area contributed by atoms with Gasteiger partial charge in [0.2, 0.25) is 11.8 Å². The maximum Gasteiger partial charge on any atom is 0.225 e. The summed E-state index contributed by atoms with van der Waals surface area (Å²) in [5.74, 6) is 1.04. The maximum atomic E-state index is 12.6. The largest absolute Gasteiger partial charge is 0.493 e. The lowest BCUT2D eigenvalue weighted by atomic mass is 10.1. The van der Waals surface area contributed by atoms with Crippen LogP contribution in [0.15, 0.2) is 48.7 Å². The first-order valence-electron chi connectivity index (χ1n) is 10.9. The van der Waals surface area contributed by atoms with Gasteiger partial charge in [-0.3, -0.25) is 9.59 Å². The molecule has 1 aromatic heterocycles. The summed E-state index contributed by atoms with van der Waals surface area (Å²) in [7, 11) is 3.21. The van der Waals surface area contributed by atoms with Gasteiger partial charge in [-0.05, 0) is 42.2 Å². The number of methoxy groups -OCH3 is 2. The first kappa shape index (κ1) is 21.7. The van der Waals surface area contributed by atoms with Crippen LogP contribution in [0.4, 0.5) is 0 Å². The summed E-state index contributed by atoms with van der Waals surface area (Å²) < 4.78 is 10.6. The summed E-state index contributed by atoms with van der Waals surface area (Å²) in [4.78, 5) is 30.1. The van der Waals surface area contributed by atoms with Crippen molar-refractivity contribution in [2.75, 3.05) is 33.9 Å². The van der Waals surface area contributed by atoms with E-state index in [4.69, 9.17) is 9.47 Å². The fourth-order valence-corrected chi connectivity index (χ4v) is 4.27. The molecular formula is C25H29N3O4. The third kappa shape index (κ3) is 4.72. The predicted molar refractivity (Wildman–Crippen MR) is 123 cm³/mol. The molecule has 2 aromatic carbocycles. The predicted octanol–water partition coefficient (Wildman–Crippen LogP) is 2.94. The smallest absolute Gasteiger partial charge is 0.225 e. The number of benzene rings is 2. The van der Waals surface area contributed by atoms with Crippen molar-refractivity contribution in [2.45, 2.75) is 19.3 Å². The summed E-state index contributed by atoms with van der Waals surface area (Å²) in [6.07, 6.45) is 3.71. The number of ether oxygens (including phenoxy) is 2. The van der Waals surface area contributed by atoms with Gasteiger partial charge in [-0.2, -0.15) is 0 Å². The molecule has 1 fully saturated rings. The Hall–Kier alpha value is -3.48. The second-order valence-electron chi connectivity index (χ2n) is 8.08. The van der Waals surface area contributed by atoms with Gasteiger partial charge in [0, 0.05) is 43.2 Å². The lowest BCUT2D eigenvalue weighted by Gasteiger charge is -2.17. The minimum Gasteiger partial charge on any atom is -0.493 e. The second kappa shape index (κ2) is 9.77. The third-order valence-corrected chi connectivity index (χ3v) is 6.07. The first-order valence-corrected chi connectivity index (χ1v) is 10.9. The summed E-state index contributed by atoms with van der Waals surface area (Å²) in [6, 6.07) is 13.9. The number of amides is 2. The highest BCUT2D eigenvalue weighted by Gasteiger charge is 2.33. The fourth-order valence-electron chi connectivity index (χ4n) is 4.27. The van der Waals surface area contributed by atoms with E-state index < -0.39 is 0 Å². The lowest BCUT2D eigenvalue weighted by molar-refractivity contribution is -0.129. The van der Waals surface area contributed by atoms with Crippen molar-refractivity contribution in [1.29, 1.82) is 0 Å². The molecule has 0 bridgehead atoms. The molecule has 4 rings (SSSR count). The molecule has 0 radical (unpaired) electrons. The minimum atomic E-state index is -0.295. The number of hydrogen-bond donors (Lipinski definition) is 2. The van der Waals surface area contributed by atoms with Crippen molar-refractivity contribution in [3.8, 4) is 11.5 Å². The van der Waals surface area contributed by atoms with E-state index in [0.717, 1.165) is 17.5 Å². The van der Waals surface area contributed by atoms with E-state index in [1.54, 1.807) is 19.1 Å². The van der Waals surface area contributed by atoms with Crippen LogP contribution in [0.3, 0.4) is 0 Å². The highest BCUT2D eigenvalue weighted by molar-refractivity contribution is 5.89. The highest BCUT2D eigenvalue weighted by atomic mass is 16.5. The number of aromatic amines is 1. The lowest BCUT2D eigenvalue weighted by Crippen LogP contribution is -2.34.